The Labute approximate surface area is 103 Å². The zero-order valence-corrected chi connectivity index (χ0v) is 9.60. The van der Waals surface area contributed by atoms with Crippen LogP contribution in [0.2, 0.25) is 0 Å². The number of amides is 1. The fourth-order valence-corrected chi connectivity index (χ4v) is 1.44. The summed E-state index contributed by atoms with van der Waals surface area (Å²) in [4.78, 5) is 14.2. The molecule has 0 atom stereocenters. The molecule has 2 N–H and O–H groups in total. The van der Waals surface area contributed by atoms with Crippen LogP contribution in [0.5, 0.6) is 0 Å². The lowest BCUT2D eigenvalue weighted by Crippen LogP contribution is -1.94. The highest BCUT2D eigenvalue weighted by atomic mass is 16.4. The second kappa shape index (κ2) is 5.01. The first kappa shape index (κ1) is 11.7. The van der Waals surface area contributed by atoms with Crippen LogP contribution in [-0.2, 0) is 4.79 Å². The normalized spacial score (nSPS) is 9.56. The van der Waals surface area contributed by atoms with Gasteiger partial charge in [0.15, 0.2) is 5.89 Å². The van der Waals surface area contributed by atoms with Crippen LogP contribution >= 0.6 is 0 Å². The average Bonchev–Trinajstić information content (AvgIpc) is 2.72. The molecule has 0 radical (unpaired) electrons. The molecule has 0 bridgehead atoms. The monoisotopic (exact) mass is 242 g/mol. The Morgan fingerprint density at radius 3 is 2.61 bits per heavy atom. The first-order valence-electron chi connectivity index (χ1n) is 5.17. The van der Waals surface area contributed by atoms with Crippen molar-refractivity contribution in [3.8, 4) is 6.07 Å². The number of carbonyl (C=O) groups is 1. The van der Waals surface area contributed by atoms with Crippen molar-refractivity contribution in [3.05, 3.63) is 35.9 Å². The van der Waals surface area contributed by atoms with E-state index in [1.54, 1.807) is 31.2 Å². The lowest BCUT2D eigenvalue weighted by Gasteiger charge is -2.04. The van der Waals surface area contributed by atoms with Crippen LogP contribution in [0.3, 0.4) is 0 Å². The Balaban J connectivity index is 2.18. The standard InChI is InChI=1S/C12H10N4O2/c1-8-15-11(6-13)12(18-8)16-10-4-2-9(3-5-10)14-7-17/h2-5,7,16H,1H3,(H,14,17). The van der Waals surface area contributed by atoms with Gasteiger partial charge in [-0.05, 0) is 24.3 Å². The van der Waals surface area contributed by atoms with Crippen molar-refractivity contribution in [1.29, 1.82) is 5.26 Å². The lowest BCUT2D eigenvalue weighted by atomic mass is 10.3. The molecule has 6 heteroatoms. The summed E-state index contributed by atoms with van der Waals surface area (Å²) < 4.78 is 5.27. The minimum atomic E-state index is 0.211. The van der Waals surface area contributed by atoms with Gasteiger partial charge in [0, 0.05) is 18.3 Å². The van der Waals surface area contributed by atoms with E-state index in [0.29, 0.717) is 23.9 Å². The van der Waals surface area contributed by atoms with E-state index in [1.165, 1.54) is 0 Å². The minimum absolute atomic E-state index is 0.211. The molecular formula is C12H10N4O2. The molecule has 1 amide bonds. The number of benzene rings is 1. The van der Waals surface area contributed by atoms with Crippen molar-refractivity contribution in [2.75, 3.05) is 10.6 Å². The van der Waals surface area contributed by atoms with Crippen molar-refractivity contribution in [1.82, 2.24) is 4.98 Å². The molecule has 0 aliphatic heterocycles. The maximum absolute atomic E-state index is 10.3. The summed E-state index contributed by atoms with van der Waals surface area (Å²) in [5, 5.41) is 14.3. The van der Waals surface area contributed by atoms with Crippen molar-refractivity contribution in [2.24, 2.45) is 0 Å². The smallest absolute Gasteiger partial charge is 0.236 e. The first-order valence-corrected chi connectivity index (χ1v) is 5.17. The topological polar surface area (TPSA) is 91.0 Å². The van der Waals surface area contributed by atoms with Gasteiger partial charge in [0.1, 0.15) is 6.07 Å². The van der Waals surface area contributed by atoms with Gasteiger partial charge in [-0.2, -0.15) is 5.26 Å². The predicted molar refractivity (Wildman–Crippen MR) is 65.4 cm³/mol. The third-order valence-corrected chi connectivity index (χ3v) is 2.21. The van der Waals surface area contributed by atoms with Gasteiger partial charge in [0.05, 0.1) is 0 Å². The molecule has 1 aromatic heterocycles. The van der Waals surface area contributed by atoms with Crippen LogP contribution in [0.15, 0.2) is 28.7 Å². The van der Waals surface area contributed by atoms with E-state index < -0.39 is 0 Å². The van der Waals surface area contributed by atoms with Gasteiger partial charge in [-0.15, -0.1) is 0 Å². The minimum Gasteiger partial charge on any atom is -0.424 e. The van der Waals surface area contributed by atoms with E-state index in [4.69, 9.17) is 9.68 Å². The number of nitriles is 1. The van der Waals surface area contributed by atoms with Gasteiger partial charge in [-0.1, -0.05) is 0 Å². The molecule has 0 saturated heterocycles. The summed E-state index contributed by atoms with van der Waals surface area (Å²) in [7, 11) is 0. The van der Waals surface area contributed by atoms with E-state index in [0.717, 1.165) is 5.69 Å². The number of anilines is 3. The van der Waals surface area contributed by atoms with Crippen LogP contribution < -0.4 is 10.6 Å². The van der Waals surface area contributed by atoms with Gasteiger partial charge in [-0.3, -0.25) is 4.79 Å². The number of hydrogen-bond donors (Lipinski definition) is 2. The van der Waals surface area contributed by atoms with Gasteiger partial charge < -0.3 is 15.1 Å². The second-order valence-electron chi connectivity index (χ2n) is 3.49. The largest absolute Gasteiger partial charge is 0.424 e. The van der Waals surface area contributed by atoms with E-state index >= 15 is 0 Å². The number of oxazole rings is 1. The zero-order chi connectivity index (χ0) is 13.0. The molecule has 0 aliphatic carbocycles. The van der Waals surface area contributed by atoms with Crippen LogP contribution in [0, 0.1) is 18.3 Å². The van der Waals surface area contributed by atoms with E-state index in [2.05, 4.69) is 15.6 Å². The molecule has 0 saturated carbocycles. The number of nitrogens with zero attached hydrogens (tertiary/aromatic N) is 2. The van der Waals surface area contributed by atoms with Crippen LogP contribution in [0.4, 0.5) is 17.3 Å². The van der Waals surface area contributed by atoms with Gasteiger partial charge in [0.2, 0.25) is 18.0 Å². The molecule has 0 unspecified atom stereocenters. The SMILES string of the molecule is Cc1nc(C#N)c(Nc2ccc(NC=O)cc2)o1. The third kappa shape index (κ3) is 2.47. The quantitative estimate of drug-likeness (QED) is 0.801. The molecule has 0 spiro atoms. The summed E-state index contributed by atoms with van der Waals surface area (Å²) in [5.41, 5.74) is 1.63. The number of carbonyl (C=O) groups excluding carboxylic acids is 1. The van der Waals surface area contributed by atoms with Crippen molar-refractivity contribution in [3.63, 3.8) is 0 Å². The maximum Gasteiger partial charge on any atom is 0.236 e. The summed E-state index contributed by atoms with van der Waals surface area (Å²) in [6.07, 6.45) is 0.607. The van der Waals surface area contributed by atoms with E-state index in [9.17, 15) is 4.79 Å². The Morgan fingerprint density at radius 2 is 2.00 bits per heavy atom. The van der Waals surface area contributed by atoms with Gasteiger partial charge >= 0.3 is 0 Å². The van der Waals surface area contributed by atoms with Crippen molar-refractivity contribution < 1.29 is 9.21 Å². The molecule has 1 heterocycles. The Bertz CT molecular complexity index is 596. The van der Waals surface area contributed by atoms with Crippen molar-refractivity contribution in [2.45, 2.75) is 6.92 Å². The molecule has 2 rings (SSSR count). The number of nitrogens with one attached hydrogen (secondary N) is 2. The van der Waals surface area contributed by atoms with E-state index in [1.807, 2.05) is 6.07 Å². The average molecular weight is 242 g/mol. The van der Waals surface area contributed by atoms with Gasteiger partial charge in [-0.25, -0.2) is 4.98 Å². The fourth-order valence-electron chi connectivity index (χ4n) is 1.44. The molecule has 0 fully saturated rings. The fraction of sp³-hybridized carbons (Fsp3) is 0.0833. The Hall–Kier alpha value is -2.81. The lowest BCUT2D eigenvalue weighted by molar-refractivity contribution is -0.105. The van der Waals surface area contributed by atoms with Crippen molar-refractivity contribution >= 4 is 23.7 Å². The zero-order valence-electron chi connectivity index (χ0n) is 9.60. The third-order valence-electron chi connectivity index (χ3n) is 2.21. The highest BCUT2D eigenvalue weighted by molar-refractivity contribution is 5.72. The number of hydrogen-bond acceptors (Lipinski definition) is 5. The van der Waals surface area contributed by atoms with E-state index in [-0.39, 0.29) is 5.69 Å². The molecule has 18 heavy (non-hydrogen) atoms. The molecule has 90 valence electrons. The van der Waals surface area contributed by atoms with Crippen LogP contribution in [0.25, 0.3) is 0 Å². The molecule has 2 aromatic rings. The maximum atomic E-state index is 10.3. The summed E-state index contributed by atoms with van der Waals surface area (Å²) in [5.74, 6) is 0.736. The summed E-state index contributed by atoms with van der Waals surface area (Å²) in [6, 6.07) is 8.91. The number of rotatable bonds is 4. The Morgan fingerprint density at radius 1 is 1.33 bits per heavy atom. The molecule has 0 aliphatic rings. The highest BCUT2D eigenvalue weighted by Gasteiger charge is 2.10. The summed E-state index contributed by atoms with van der Waals surface area (Å²) >= 11 is 0. The number of aryl methyl sites for hydroxylation is 1. The molecular weight excluding hydrogens is 232 g/mol. The predicted octanol–water partition coefficient (Wildman–Crippen LogP) is 2.17. The Kier molecular flexibility index (Phi) is 3.25. The summed E-state index contributed by atoms with van der Waals surface area (Å²) in [6.45, 7) is 1.67. The number of aromatic nitrogens is 1. The van der Waals surface area contributed by atoms with Gasteiger partial charge in [0.25, 0.3) is 0 Å². The molecule has 6 nitrogen and oxygen atoms in total. The van der Waals surface area contributed by atoms with Crippen LogP contribution in [-0.4, -0.2) is 11.4 Å². The second-order valence-corrected chi connectivity index (χ2v) is 3.49. The van der Waals surface area contributed by atoms with Crippen LogP contribution in [0.1, 0.15) is 11.6 Å². The highest BCUT2D eigenvalue weighted by Crippen LogP contribution is 2.22. The molecule has 1 aromatic carbocycles. The first-order chi connectivity index (χ1) is 8.72.